The van der Waals surface area contributed by atoms with Crippen molar-refractivity contribution in [1.82, 2.24) is 16.0 Å². The monoisotopic (exact) mass is 518 g/mol. The summed E-state index contributed by atoms with van der Waals surface area (Å²) in [5, 5.41) is 20.0. The van der Waals surface area contributed by atoms with E-state index in [0.29, 0.717) is 18.8 Å². The second-order valence-electron chi connectivity index (χ2n) is 8.44. The number of alkyl carbamates (subject to hydrolysis) is 1. The zero-order chi connectivity index (χ0) is 27.3. The number of hydrogen-bond acceptors (Lipinski definition) is 5. The maximum atomic E-state index is 12.1. The highest BCUT2D eigenvalue weighted by atomic mass is 16.5. The molecule has 3 aromatic carbocycles. The summed E-state index contributed by atoms with van der Waals surface area (Å²) >= 11 is 0. The zero-order valence-corrected chi connectivity index (χ0v) is 20.9. The third-order valence-corrected chi connectivity index (χ3v) is 5.43. The number of aliphatic carboxylic acids is 1. The molecule has 198 valence electrons. The highest BCUT2D eigenvalue weighted by molar-refractivity contribution is 5.90. The molecule has 38 heavy (non-hydrogen) atoms. The summed E-state index contributed by atoms with van der Waals surface area (Å²) in [7, 11) is 0. The van der Waals surface area contributed by atoms with Gasteiger partial charge in [-0.3, -0.25) is 4.79 Å². The van der Waals surface area contributed by atoms with Crippen molar-refractivity contribution in [2.45, 2.75) is 26.0 Å². The Labute approximate surface area is 220 Å². The van der Waals surface area contributed by atoms with Crippen molar-refractivity contribution in [2.75, 3.05) is 18.4 Å². The normalized spacial score (nSPS) is 11.1. The van der Waals surface area contributed by atoms with Crippen LogP contribution in [0.5, 0.6) is 0 Å². The third kappa shape index (κ3) is 9.30. The van der Waals surface area contributed by atoms with Crippen molar-refractivity contribution in [3.8, 4) is 11.1 Å². The van der Waals surface area contributed by atoms with Gasteiger partial charge in [-0.15, -0.1) is 0 Å². The average Bonchev–Trinajstić information content (AvgIpc) is 2.90. The number of carboxylic acid groups (broad SMARTS) is 1. The Kier molecular flexibility index (Phi) is 10.2. The SMILES string of the molecule is CC(=O)NCCNC(=O)Nc1cccc(-c2ccc(C[C@@H](NC(=O)OCc3ccccc3)C(=O)O)cc2)c1. The van der Waals surface area contributed by atoms with E-state index < -0.39 is 24.1 Å². The fourth-order valence-electron chi connectivity index (χ4n) is 3.54. The highest BCUT2D eigenvalue weighted by Crippen LogP contribution is 2.23. The molecule has 4 amide bonds. The number of ether oxygens (including phenoxy) is 1. The molecule has 0 radical (unpaired) electrons. The maximum Gasteiger partial charge on any atom is 0.408 e. The maximum absolute atomic E-state index is 12.1. The van der Waals surface area contributed by atoms with Gasteiger partial charge in [0, 0.05) is 32.1 Å². The number of nitrogens with one attached hydrogen (secondary N) is 4. The van der Waals surface area contributed by atoms with Crippen molar-refractivity contribution in [3.05, 3.63) is 90.0 Å². The summed E-state index contributed by atoms with van der Waals surface area (Å²) in [4.78, 5) is 46.8. The Balaban J connectivity index is 1.54. The first-order valence-electron chi connectivity index (χ1n) is 12.0. The third-order valence-electron chi connectivity index (χ3n) is 5.43. The predicted octanol–water partition coefficient (Wildman–Crippen LogP) is 3.53. The fourth-order valence-corrected chi connectivity index (χ4v) is 3.54. The first-order valence-corrected chi connectivity index (χ1v) is 12.0. The summed E-state index contributed by atoms with van der Waals surface area (Å²) in [5.41, 5.74) is 3.83. The van der Waals surface area contributed by atoms with Gasteiger partial charge in [0.25, 0.3) is 0 Å². The van der Waals surface area contributed by atoms with Crippen LogP contribution in [0.2, 0.25) is 0 Å². The molecule has 0 bridgehead atoms. The summed E-state index contributed by atoms with van der Waals surface area (Å²) in [6.45, 7) is 2.08. The van der Waals surface area contributed by atoms with E-state index >= 15 is 0 Å². The second-order valence-corrected chi connectivity index (χ2v) is 8.44. The van der Waals surface area contributed by atoms with E-state index in [4.69, 9.17) is 4.74 Å². The molecule has 10 nitrogen and oxygen atoms in total. The van der Waals surface area contributed by atoms with Crippen molar-refractivity contribution < 1.29 is 29.0 Å². The average molecular weight is 519 g/mol. The number of hydrogen-bond donors (Lipinski definition) is 5. The molecule has 0 spiro atoms. The Morgan fingerprint density at radius 1 is 0.816 bits per heavy atom. The first-order chi connectivity index (χ1) is 18.3. The van der Waals surface area contributed by atoms with Gasteiger partial charge in [0.2, 0.25) is 5.91 Å². The predicted molar refractivity (Wildman–Crippen MR) is 142 cm³/mol. The summed E-state index contributed by atoms with van der Waals surface area (Å²) in [6, 6.07) is 22.1. The number of amides is 4. The number of carboxylic acids is 1. The molecule has 0 fully saturated rings. The molecular weight excluding hydrogens is 488 g/mol. The molecule has 0 aliphatic rings. The molecule has 0 saturated heterocycles. The zero-order valence-electron chi connectivity index (χ0n) is 20.9. The molecule has 10 heteroatoms. The van der Waals surface area contributed by atoms with Gasteiger partial charge in [-0.1, -0.05) is 66.7 Å². The van der Waals surface area contributed by atoms with E-state index in [-0.39, 0.29) is 18.9 Å². The smallest absolute Gasteiger partial charge is 0.408 e. The van der Waals surface area contributed by atoms with E-state index in [1.54, 1.807) is 30.3 Å². The number of carbonyl (C=O) groups is 4. The van der Waals surface area contributed by atoms with Gasteiger partial charge in [0.05, 0.1) is 0 Å². The van der Waals surface area contributed by atoms with Crippen molar-refractivity contribution in [1.29, 1.82) is 0 Å². The fraction of sp³-hybridized carbons (Fsp3) is 0.214. The van der Waals surface area contributed by atoms with Gasteiger partial charge < -0.3 is 31.1 Å². The van der Waals surface area contributed by atoms with Gasteiger partial charge >= 0.3 is 18.1 Å². The largest absolute Gasteiger partial charge is 0.480 e. The topological polar surface area (TPSA) is 146 Å². The number of urea groups is 1. The lowest BCUT2D eigenvalue weighted by Gasteiger charge is -2.15. The van der Waals surface area contributed by atoms with Gasteiger partial charge in [0.15, 0.2) is 0 Å². The van der Waals surface area contributed by atoms with Crippen LogP contribution in [0.15, 0.2) is 78.9 Å². The van der Waals surface area contributed by atoms with Crippen LogP contribution in [0.3, 0.4) is 0 Å². The lowest BCUT2D eigenvalue weighted by Crippen LogP contribution is -2.42. The standard InChI is InChI=1S/C28H30N4O6/c1-19(33)29-14-15-30-27(36)31-24-9-5-8-23(17-24)22-12-10-20(11-13-22)16-25(26(34)35)32-28(37)38-18-21-6-3-2-4-7-21/h2-13,17,25H,14-16,18H2,1H3,(H,29,33)(H,32,37)(H,34,35)(H2,30,31,36)/t25-/m1/s1. The second kappa shape index (κ2) is 14.0. The molecule has 0 saturated carbocycles. The summed E-state index contributed by atoms with van der Waals surface area (Å²) in [5.74, 6) is -1.33. The number of rotatable bonds is 11. The number of carbonyl (C=O) groups excluding carboxylic acids is 3. The van der Waals surface area contributed by atoms with Crippen molar-refractivity contribution in [2.24, 2.45) is 0 Å². The van der Waals surface area contributed by atoms with Crippen LogP contribution in [-0.4, -0.2) is 48.2 Å². The molecule has 0 aromatic heterocycles. The molecule has 0 unspecified atom stereocenters. The molecule has 3 aromatic rings. The lowest BCUT2D eigenvalue weighted by molar-refractivity contribution is -0.139. The highest BCUT2D eigenvalue weighted by Gasteiger charge is 2.21. The van der Waals surface area contributed by atoms with Crippen LogP contribution in [0.1, 0.15) is 18.1 Å². The van der Waals surface area contributed by atoms with E-state index in [0.717, 1.165) is 22.3 Å². The summed E-state index contributed by atoms with van der Waals surface area (Å²) in [6.07, 6.45) is -0.725. The Hall–Kier alpha value is -4.86. The molecule has 0 aliphatic carbocycles. The van der Waals surface area contributed by atoms with Gasteiger partial charge in [0.1, 0.15) is 12.6 Å². The van der Waals surface area contributed by atoms with E-state index in [9.17, 15) is 24.3 Å². The minimum Gasteiger partial charge on any atom is -0.480 e. The van der Waals surface area contributed by atoms with E-state index in [1.807, 2.05) is 48.5 Å². The number of anilines is 1. The van der Waals surface area contributed by atoms with Gasteiger partial charge in [-0.25, -0.2) is 14.4 Å². The van der Waals surface area contributed by atoms with Crippen LogP contribution < -0.4 is 21.3 Å². The van der Waals surface area contributed by atoms with Crippen molar-refractivity contribution >= 4 is 29.7 Å². The minimum absolute atomic E-state index is 0.0420. The lowest BCUT2D eigenvalue weighted by atomic mass is 10.0. The van der Waals surface area contributed by atoms with Crippen LogP contribution in [0, 0.1) is 0 Å². The number of benzene rings is 3. The Morgan fingerprint density at radius 3 is 2.21 bits per heavy atom. The first kappa shape index (κ1) is 27.7. The molecule has 0 heterocycles. The Bertz CT molecular complexity index is 1250. The Morgan fingerprint density at radius 2 is 1.53 bits per heavy atom. The molecule has 0 aliphatic heterocycles. The van der Waals surface area contributed by atoms with Crippen LogP contribution in [-0.2, 0) is 27.4 Å². The quantitative estimate of drug-likeness (QED) is 0.246. The molecule has 5 N–H and O–H groups in total. The van der Waals surface area contributed by atoms with Crippen LogP contribution >= 0.6 is 0 Å². The molecule has 3 rings (SSSR count). The van der Waals surface area contributed by atoms with E-state index in [2.05, 4.69) is 21.3 Å². The van der Waals surface area contributed by atoms with Crippen molar-refractivity contribution in [3.63, 3.8) is 0 Å². The molecule has 1 atom stereocenters. The van der Waals surface area contributed by atoms with Gasteiger partial charge in [-0.05, 0) is 34.4 Å². The minimum atomic E-state index is -1.17. The summed E-state index contributed by atoms with van der Waals surface area (Å²) < 4.78 is 5.13. The van der Waals surface area contributed by atoms with Crippen LogP contribution in [0.25, 0.3) is 11.1 Å². The van der Waals surface area contributed by atoms with Crippen LogP contribution in [0.4, 0.5) is 15.3 Å². The van der Waals surface area contributed by atoms with E-state index in [1.165, 1.54) is 6.92 Å². The van der Waals surface area contributed by atoms with Gasteiger partial charge in [-0.2, -0.15) is 0 Å². The molecular formula is C28H30N4O6.